The number of piperazine rings is 1. The van der Waals surface area contributed by atoms with E-state index >= 15 is 0 Å². The highest BCUT2D eigenvalue weighted by Crippen LogP contribution is 1.92. The molecule has 0 bridgehead atoms. The summed E-state index contributed by atoms with van der Waals surface area (Å²) in [5, 5.41) is 2.77. The molecule has 0 aromatic rings. The Morgan fingerprint density at radius 3 is 3.08 bits per heavy atom. The van der Waals surface area contributed by atoms with Gasteiger partial charge in [0.15, 0.2) is 0 Å². The maximum Gasteiger partial charge on any atom is 0.234 e. The normalized spacial score (nSPS) is 19.9. The average molecular weight is 169 g/mol. The van der Waals surface area contributed by atoms with Gasteiger partial charge in [0.2, 0.25) is 5.91 Å². The van der Waals surface area contributed by atoms with E-state index in [1.165, 1.54) is 0 Å². The van der Waals surface area contributed by atoms with Crippen LogP contribution in [0.3, 0.4) is 0 Å². The topological polar surface area (TPSA) is 58.4 Å². The quantitative estimate of drug-likeness (QED) is 0.529. The first-order chi connectivity index (χ1) is 5.83. The Labute approximate surface area is 72.4 Å². The van der Waals surface area contributed by atoms with Crippen molar-refractivity contribution in [3.05, 3.63) is 12.2 Å². The highest BCUT2D eigenvalue weighted by atomic mass is 16.2. The number of hydrogen-bond donors (Lipinski definition) is 2. The molecule has 1 fully saturated rings. The van der Waals surface area contributed by atoms with Gasteiger partial charge < -0.3 is 11.1 Å². The number of rotatable bonds is 3. The number of nitrogens with two attached hydrogens (primary N) is 1. The smallest absolute Gasteiger partial charge is 0.234 e. The van der Waals surface area contributed by atoms with Crippen molar-refractivity contribution in [1.29, 1.82) is 0 Å². The lowest BCUT2D eigenvalue weighted by atomic mass is 10.3. The van der Waals surface area contributed by atoms with E-state index in [1.54, 1.807) is 0 Å². The molecule has 0 spiro atoms. The molecular weight excluding hydrogens is 154 g/mol. The maximum absolute atomic E-state index is 10.9. The number of nitrogens with one attached hydrogen (secondary N) is 1. The minimum Gasteiger partial charge on any atom is -0.354 e. The van der Waals surface area contributed by atoms with Gasteiger partial charge in [-0.05, 0) is 0 Å². The number of amides is 1. The Balaban J connectivity index is 2.22. The summed E-state index contributed by atoms with van der Waals surface area (Å²) < 4.78 is 0. The van der Waals surface area contributed by atoms with E-state index in [-0.39, 0.29) is 5.91 Å². The lowest BCUT2D eigenvalue weighted by Gasteiger charge is -2.24. The molecule has 0 aliphatic carbocycles. The van der Waals surface area contributed by atoms with Crippen molar-refractivity contribution >= 4 is 5.91 Å². The van der Waals surface area contributed by atoms with Crippen LogP contribution in [0.4, 0.5) is 0 Å². The Hall–Kier alpha value is -0.870. The Morgan fingerprint density at radius 1 is 1.58 bits per heavy atom. The largest absolute Gasteiger partial charge is 0.354 e. The van der Waals surface area contributed by atoms with E-state index in [4.69, 9.17) is 5.73 Å². The third-order valence-electron chi connectivity index (χ3n) is 1.78. The summed E-state index contributed by atoms with van der Waals surface area (Å²) in [6.45, 7) is 3.59. The van der Waals surface area contributed by atoms with Crippen LogP contribution in [0, 0.1) is 0 Å². The fraction of sp³-hybridized carbons (Fsp3) is 0.625. The van der Waals surface area contributed by atoms with E-state index in [9.17, 15) is 4.79 Å². The molecule has 0 radical (unpaired) electrons. The van der Waals surface area contributed by atoms with Gasteiger partial charge in [-0.3, -0.25) is 9.69 Å². The second kappa shape index (κ2) is 4.90. The Bertz CT molecular complexity index is 179. The molecule has 0 aromatic carbocycles. The highest BCUT2D eigenvalue weighted by Gasteiger charge is 2.13. The maximum atomic E-state index is 10.9. The Morgan fingerprint density at radius 2 is 2.42 bits per heavy atom. The summed E-state index contributed by atoms with van der Waals surface area (Å²) >= 11 is 0. The number of hydrogen-bond acceptors (Lipinski definition) is 3. The van der Waals surface area contributed by atoms with Gasteiger partial charge in [0.05, 0.1) is 6.54 Å². The van der Waals surface area contributed by atoms with Crippen LogP contribution in [-0.2, 0) is 4.79 Å². The molecular formula is C8H15N3O. The molecule has 0 saturated carbocycles. The summed E-state index contributed by atoms with van der Waals surface area (Å²) in [6.07, 6.45) is 3.91. The van der Waals surface area contributed by atoms with Crippen molar-refractivity contribution in [3.8, 4) is 0 Å². The molecule has 0 atom stereocenters. The molecule has 0 aromatic heterocycles. The molecule has 1 aliphatic heterocycles. The average Bonchev–Trinajstić information content (AvgIpc) is 2.05. The molecule has 1 heterocycles. The van der Waals surface area contributed by atoms with Gasteiger partial charge in [-0.2, -0.15) is 0 Å². The molecule has 4 heteroatoms. The van der Waals surface area contributed by atoms with Crippen LogP contribution in [0.1, 0.15) is 0 Å². The number of carbonyl (C=O) groups excluding carboxylic acids is 1. The monoisotopic (exact) mass is 169 g/mol. The first-order valence-corrected chi connectivity index (χ1v) is 4.17. The van der Waals surface area contributed by atoms with Crippen molar-refractivity contribution in [2.75, 3.05) is 32.7 Å². The van der Waals surface area contributed by atoms with E-state index in [1.807, 2.05) is 12.2 Å². The van der Waals surface area contributed by atoms with Crippen molar-refractivity contribution < 1.29 is 4.79 Å². The summed E-state index contributed by atoms with van der Waals surface area (Å²) in [4.78, 5) is 13.0. The van der Waals surface area contributed by atoms with Crippen LogP contribution < -0.4 is 11.1 Å². The van der Waals surface area contributed by atoms with Gasteiger partial charge in [0.25, 0.3) is 0 Å². The van der Waals surface area contributed by atoms with E-state index in [2.05, 4.69) is 10.2 Å². The van der Waals surface area contributed by atoms with Crippen molar-refractivity contribution in [2.45, 2.75) is 0 Å². The second-order valence-corrected chi connectivity index (χ2v) is 2.79. The van der Waals surface area contributed by atoms with Gasteiger partial charge in [0.1, 0.15) is 0 Å². The molecule has 4 nitrogen and oxygen atoms in total. The van der Waals surface area contributed by atoms with Gasteiger partial charge in [0, 0.05) is 26.2 Å². The zero-order valence-electron chi connectivity index (χ0n) is 7.12. The predicted octanol–water partition coefficient (Wildman–Crippen LogP) is -1.07. The minimum absolute atomic E-state index is 0.113. The molecule has 68 valence electrons. The SMILES string of the molecule is NCC=CCN1CCNC(=O)C1. The molecule has 3 N–H and O–H groups in total. The predicted molar refractivity (Wildman–Crippen MR) is 47.6 cm³/mol. The summed E-state index contributed by atoms with van der Waals surface area (Å²) in [5.41, 5.74) is 5.29. The third kappa shape index (κ3) is 3.02. The number of nitrogens with zero attached hydrogens (tertiary/aromatic N) is 1. The standard InChI is InChI=1S/C8H15N3O/c9-3-1-2-5-11-6-4-10-8(12)7-11/h1-2H,3-7,9H2,(H,10,12). The van der Waals surface area contributed by atoms with Gasteiger partial charge in [-0.1, -0.05) is 12.2 Å². The summed E-state index contributed by atoms with van der Waals surface area (Å²) in [6, 6.07) is 0. The first-order valence-electron chi connectivity index (χ1n) is 4.17. The summed E-state index contributed by atoms with van der Waals surface area (Å²) in [5.74, 6) is 0.113. The van der Waals surface area contributed by atoms with Crippen molar-refractivity contribution in [2.24, 2.45) is 5.73 Å². The van der Waals surface area contributed by atoms with Crippen LogP contribution in [-0.4, -0.2) is 43.5 Å². The van der Waals surface area contributed by atoms with Crippen LogP contribution in [0.2, 0.25) is 0 Å². The van der Waals surface area contributed by atoms with Crippen molar-refractivity contribution in [3.63, 3.8) is 0 Å². The minimum atomic E-state index is 0.113. The molecule has 1 rings (SSSR count). The molecule has 12 heavy (non-hydrogen) atoms. The third-order valence-corrected chi connectivity index (χ3v) is 1.78. The summed E-state index contributed by atoms with van der Waals surface area (Å²) in [7, 11) is 0. The van der Waals surface area contributed by atoms with Crippen LogP contribution >= 0.6 is 0 Å². The van der Waals surface area contributed by atoms with Crippen LogP contribution in [0.25, 0.3) is 0 Å². The zero-order chi connectivity index (χ0) is 8.81. The first kappa shape index (κ1) is 9.22. The molecule has 0 unspecified atom stereocenters. The van der Waals surface area contributed by atoms with Gasteiger partial charge in [-0.15, -0.1) is 0 Å². The van der Waals surface area contributed by atoms with Crippen LogP contribution in [0.5, 0.6) is 0 Å². The lowest BCUT2D eigenvalue weighted by molar-refractivity contribution is -0.123. The van der Waals surface area contributed by atoms with E-state index in [0.717, 1.165) is 19.6 Å². The highest BCUT2D eigenvalue weighted by molar-refractivity contribution is 5.78. The lowest BCUT2D eigenvalue weighted by Crippen LogP contribution is -2.47. The van der Waals surface area contributed by atoms with Gasteiger partial charge >= 0.3 is 0 Å². The van der Waals surface area contributed by atoms with Gasteiger partial charge in [-0.25, -0.2) is 0 Å². The second-order valence-electron chi connectivity index (χ2n) is 2.79. The number of carbonyl (C=O) groups is 1. The molecule has 1 saturated heterocycles. The fourth-order valence-electron chi connectivity index (χ4n) is 1.17. The fourth-order valence-corrected chi connectivity index (χ4v) is 1.17. The van der Waals surface area contributed by atoms with E-state index < -0.39 is 0 Å². The van der Waals surface area contributed by atoms with E-state index in [0.29, 0.717) is 13.1 Å². The van der Waals surface area contributed by atoms with Crippen molar-refractivity contribution in [1.82, 2.24) is 10.2 Å². The molecule has 1 amide bonds. The zero-order valence-corrected chi connectivity index (χ0v) is 7.12. The Kier molecular flexibility index (Phi) is 3.76. The molecule has 1 aliphatic rings. The van der Waals surface area contributed by atoms with Crippen LogP contribution in [0.15, 0.2) is 12.2 Å².